The number of halogens is 1. The van der Waals surface area contributed by atoms with Gasteiger partial charge in [-0.25, -0.2) is 15.1 Å². The summed E-state index contributed by atoms with van der Waals surface area (Å²) in [5.41, 5.74) is 2.23. The maximum absolute atomic E-state index is 13.4. The molecule has 4 N–H and O–H groups in total. The number of nitrogens with one attached hydrogen (secondary N) is 1. The van der Waals surface area contributed by atoms with E-state index in [4.69, 9.17) is 16.7 Å². The largest absolute Gasteiger partial charge is 0.393 e. The first kappa shape index (κ1) is 26.2. The lowest BCUT2D eigenvalue weighted by atomic mass is 10.1. The fourth-order valence-electron chi connectivity index (χ4n) is 4.42. The summed E-state index contributed by atoms with van der Waals surface area (Å²) >= 11 is 6.14. The first-order valence-electron chi connectivity index (χ1n) is 11.3. The number of carbonyl (C=O) groups is 1. The van der Waals surface area contributed by atoms with Gasteiger partial charge in [-0.2, -0.15) is 13.5 Å². The molecule has 0 spiro atoms. The second-order valence-electron chi connectivity index (χ2n) is 8.88. The molecule has 3 aromatic rings. The molecule has 2 aromatic heterocycles. The molecule has 11 nitrogen and oxygen atoms in total. The molecule has 2 heterocycles. The second-order valence-corrected chi connectivity index (χ2v) is 10.5. The maximum Gasteiger partial charge on any atom is 0.333 e. The van der Waals surface area contributed by atoms with Crippen LogP contribution >= 0.6 is 11.6 Å². The molecule has 4 atom stereocenters. The van der Waals surface area contributed by atoms with Crippen LogP contribution in [0.1, 0.15) is 53.1 Å². The number of ketones is 1. The highest BCUT2D eigenvalue weighted by atomic mass is 35.5. The average molecular weight is 535 g/mol. The molecule has 4 rings (SSSR count). The van der Waals surface area contributed by atoms with Gasteiger partial charge in [0, 0.05) is 28.9 Å². The monoisotopic (exact) mass is 534 g/mol. The third-order valence-corrected chi connectivity index (χ3v) is 6.95. The summed E-state index contributed by atoms with van der Waals surface area (Å²) in [6.45, 7) is 3.62. The van der Waals surface area contributed by atoms with E-state index in [2.05, 4.69) is 24.6 Å². The standard InChI is InChI=1S/C23H27ClN6O5S/c1-13-6-20(29-30(13)14(2)15-4-3-5-17(24)7-15)22(32)19-10-26-12-27-23(19)28-18-8-16(21(31)9-18)11-35-36(25,33)34/h3-7,10,12,14,16,18,21,31H,8-9,11H2,1-2H3,(H2,25,33,34)(H,26,27,28)/t14?,16-,18-,21+/m1/s1. The number of hydrogen-bond acceptors (Lipinski definition) is 9. The molecule has 1 unspecified atom stereocenters. The molecule has 1 fully saturated rings. The Morgan fingerprint density at radius 3 is 2.86 bits per heavy atom. The molecular weight excluding hydrogens is 508 g/mol. The van der Waals surface area contributed by atoms with Gasteiger partial charge in [0.1, 0.15) is 17.8 Å². The van der Waals surface area contributed by atoms with Gasteiger partial charge in [0.05, 0.1) is 24.3 Å². The van der Waals surface area contributed by atoms with Gasteiger partial charge in [-0.15, -0.1) is 0 Å². The van der Waals surface area contributed by atoms with Crippen molar-refractivity contribution in [3.63, 3.8) is 0 Å². The van der Waals surface area contributed by atoms with E-state index in [1.54, 1.807) is 16.8 Å². The molecule has 1 aliphatic carbocycles. The van der Waals surface area contributed by atoms with Gasteiger partial charge in [-0.1, -0.05) is 23.7 Å². The Hall–Kier alpha value is -2.90. The van der Waals surface area contributed by atoms with Crippen LogP contribution < -0.4 is 10.5 Å². The topological polar surface area (TPSA) is 162 Å². The summed E-state index contributed by atoms with van der Waals surface area (Å²) in [7, 11) is -4.10. The zero-order chi connectivity index (χ0) is 26.0. The van der Waals surface area contributed by atoms with E-state index >= 15 is 0 Å². The number of hydrogen-bond donors (Lipinski definition) is 3. The quantitative estimate of drug-likeness (QED) is 0.349. The lowest BCUT2D eigenvalue weighted by Crippen LogP contribution is -2.24. The van der Waals surface area contributed by atoms with Gasteiger partial charge < -0.3 is 10.4 Å². The predicted molar refractivity (Wildman–Crippen MR) is 133 cm³/mol. The summed E-state index contributed by atoms with van der Waals surface area (Å²) in [4.78, 5) is 21.6. The van der Waals surface area contributed by atoms with Gasteiger partial charge in [-0.05, 0) is 50.5 Å². The first-order chi connectivity index (χ1) is 17.0. The number of anilines is 1. The number of aliphatic hydroxyl groups is 1. The number of aromatic nitrogens is 4. The zero-order valence-electron chi connectivity index (χ0n) is 19.7. The number of nitrogens with two attached hydrogens (primary N) is 1. The molecule has 13 heteroatoms. The normalized spacial score (nSPS) is 20.9. The van der Waals surface area contributed by atoms with Crippen molar-refractivity contribution in [3.05, 3.63) is 70.4 Å². The minimum atomic E-state index is -4.10. The highest BCUT2D eigenvalue weighted by Gasteiger charge is 2.35. The van der Waals surface area contributed by atoms with Gasteiger partial charge in [0.25, 0.3) is 0 Å². The number of rotatable bonds is 9. The van der Waals surface area contributed by atoms with Crippen LogP contribution in [-0.4, -0.2) is 57.8 Å². The fraction of sp³-hybridized carbons (Fsp3) is 0.391. The maximum atomic E-state index is 13.4. The van der Waals surface area contributed by atoms with E-state index in [1.807, 2.05) is 32.0 Å². The predicted octanol–water partition coefficient (Wildman–Crippen LogP) is 2.25. The SMILES string of the molecule is Cc1cc(C(=O)c2cncnc2N[C@@H]2C[C@H](COS(N)(=O)=O)[C@@H](O)C2)nn1C(C)c1cccc(Cl)c1. The third kappa shape index (κ3) is 6.08. The smallest absolute Gasteiger partial charge is 0.333 e. The highest BCUT2D eigenvalue weighted by molar-refractivity contribution is 7.84. The van der Waals surface area contributed by atoms with Gasteiger partial charge in [0.2, 0.25) is 5.78 Å². The van der Waals surface area contributed by atoms with Crippen molar-refractivity contribution in [3.8, 4) is 0 Å². The number of nitrogens with zero attached hydrogens (tertiary/aromatic N) is 4. The molecule has 1 aliphatic rings. The van der Waals surface area contributed by atoms with E-state index in [9.17, 15) is 18.3 Å². The Kier molecular flexibility index (Phi) is 7.71. The van der Waals surface area contributed by atoms with Crippen molar-refractivity contribution >= 4 is 33.5 Å². The van der Waals surface area contributed by atoms with E-state index in [-0.39, 0.29) is 35.7 Å². The second kappa shape index (κ2) is 10.6. The first-order valence-corrected chi connectivity index (χ1v) is 13.1. The Morgan fingerprint density at radius 1 is 1.36 bits per heavy atom. The molecule has 0 bridgehead atoms. The summed E-state index contributed by atoms with van der Waals surface area (Å²) in [5, 5.41) is 23.5. The van der Waals surface area contributed by atoms with Crippen molar-refractivity contribution in [1.29, 1.82) is 0 Å². The highest BCUT2D eigenvalue weighted by Crippen LogP contribution is 2.30. The summed E-state index contributed by atoms with van der Waals surface area (Å²) in [5.74, 6) is -0.491. The minimum Gasteiger partial charge on any atom is -0.393 e. The summed E-state index contributed by atoms with van der Waals surface area (Å²) < 4.78 is 28.6. The lowest BCUT2D eigenvalue weighted by Gasteiger charge is -2.16. The van der Waals surface area contributed by atoms with Crippen LogP contribution in [0.15, 0.2) is 42.9 Å². The Morgan fingerprint density at radius 2 is 2.14 bits per heavy atom. The average Bonchev–Trinajstić information content (AvgIpc) is 3.38. The molecule has 0 amide bonds. The molecule has 36 heavy (non-hydrogen) atoms. The van der Waals surface area contributed by atoms with Crippen molar-refractivity contribution in [2.75, 3.05) is 11.9 Å². The molecular formula is C23H27ClN6O5S. The summed E-state index contributed by atoms with van der Waals surface area (Å²) in [6, 6.07) is 8.77. The van der Waals surface area contributed by atoms with Gasteiger partial charge >= 0.3 is 10.3 Å². The molecule has 1 saturated carbocycles. The Bertz CT molecular complexity index is 1360. The molecule has 0 radical (unpaired) electrons. The van der Waals surface area contributed by atoms with E-state index in [0.717, 1.165) is 11.3 Å². The van der Waals surface area contributed by atoms with Crippen LogP contribution in [0.2, 0.25) is 5.02 Å². The van der Waals surface area contributed by atoms with E-state index < -0.39 is 22.3 Å². The van der Waals surface area contributed by atoms with Crippen LogP contribution in [0.4, 0.5) is 5.82 Å². The van der Waals surface area contributed by atoms with Gasteiger partial charge in [-0.3, -0.25) is 13.7 Å². The molecule has 0 aliphatic heterocycles. The lowest BCUT2D eigenvalue weighted by molar-refractivity contribution is 0.101. The molecule has 1 aromatic carbocycles. The molecule has 192 valence electrons. The number of carbonyl (C=O) groups excluding carboxylic acids is 1. The van der Waals surface area contributed by atoms with Crippen LogP contribution in [0, 0.1) is 12.8 Å². The van der Waals surface area contributed by atoms with Crippen LogP contribution in [-0.2, 0) is 14.5 Å². The van der Waals surface area contributed by atoms with Gasteiger partial charge in [0.15, 0.2) is 0 Å². The van der Waals surface area contributed by atoms with Crippen LogP contribution in [0.3, 0.4) is 0 Å². The van der Waals surface area contributed by atoms with Crippen molar-refractivity contribution in [1.82, 2.24) is 19.7 Å². The minimum absolute atomic E-state index is 0.147. The summed E-state index contributed by atoms with van der Waals surface area (Å²) in [6.07, 6.45) is 2.66. The van der Waals surface area contributed by atoms with Crippen LogP contribution in [0.25, 0.3) is 0 Å². The van der Waals surface area contributed by atoms with E-state index in [1.165, 1.54) is 12.5 Å². The number of benzene rings is 1. The van der Waals surface area contributed by atoms with E-state index in [0.29, 0.717) is 23.7 Å². The Labute approximate surface area is 213 Å². The third-order valence-electron chi connectivity index (χ3n) is 6.25. The van der Waals surface area contributed by atoms with Crippen LogP contribution in [0.5, 0.6) is 0 Å². The van der Waals surface area contributed by atoms with Crippen molar-refractivity contribution in [2.24, 2.45) is 11.1 Å². The van der Waals surface area contributed by atoms with Crippen molar-refractivity contribution < 1.29 is 22.5 Å². The molecule has 0 saturated heterocycles. The number of aryl methyl sites for hydroxylation is 1. The number of aliphatic hydroxyl groups excluding tert-OH is 1. The van der Waals surface area contributed by atoms with Crippen molar-refractivity contribution in [2.45, 2.75) is 44.9 Å². The zero-order valence-corrected chi connectivity index (χ0v) is 21.3. The Balaban J connectivity index is 1.51. The fourth-order valence-corrected chi connectivity index (χ4v) is 4.99.